The summed E-state index contributed by atoms with van der Waals surface area (Å²) in [6.07, 6.45) is 0. The first-order chi connectivity index (χ1) is 4.84. The molecule has 0 saturated carbocycles. The Balaban J connectivity index is 0. The first-order valence-electron chi connectivity index (χ1n) is 2.72. The number of hydrogen-bond acceptors (Lipinski definition) is 5. The highest BCUT2D eigenvalue weighted by molar-refractivity contribution is 5.41. The van der Waals surface area contributed by atoms with Crippen LogP contribution in [0, 0.1) is 4.91 Å². The van der Waals surface area contributed by atoms with Gasteiger partial charge >= 0.3 is 0 Å². The molecule has 1 aromatic rings. The second-order valence-corrected chi connectivity index (χ2v) is 1.71. The Bertz CT molecular complexity index is 216. The number of nitroso groups, excluding NO2 is 1. The summed E-state index contributed by atoms with van der Waals surface area (Å²) in [6.45, 7) is 0. The number of anilines is 1. The van der Waals surface area contributed by atoms with Crippen LogP contribution in [0.2, 0.25) is 0 Å². The van der Waals surface area contributed by atoms with Crippen LogP contribution in [0.5, 0.6) is 0 Å². The number of benzene rings is 1. The molecule has 68 valence electrons. The quantitative estimate of drug-likeness (QED) is 0.464. The topological polar surface area (TPSA) is 123 Å². The molecule has 0 heterocycles. The fourth-order valence-corrected chi connectivity index (χ4v) is 0.608. The summed E-state index contributed by atoms with van der Waals surface area (Å²) in [5.41, 5.74) is 0.359. The van der Waals surface area contributed by atoms with Gasteiger partial charge in [0.25, 0.3) is 0 Å². The van der Waals surface area contributed by atoms with Crippen molar-refractivity contribution >= 4 is 5.69 Å². The Labute approximate surface area is 69.9 Å². The lowest BCUT2D eigenvalue weighted by molar-refractivity contribution is 0.258. The van der Waals surface area contributed by atoms with Gasteiger partial charge in [0.1, 0.15) is 0 Å². The zero-order chi connectivity index (χ0) is 7.40. The molecule has 6 nitrogen and oxygen atoms in total. The lowest BCUT2D eigenvalue weighted by Crippen LogP contribution is -2.06. The molecule has 0 bridgehead atoms. The maximum absolute atomic E-state index is 9.73. The molecule has 0 aliphatic carbocycles. The van der Waals surface area contributed by atoms with Crippen molar-refractivity contribution in [3.63, 3.8) is 0 Å². The summed E-state index contributed by atoms with van der Waals surface area (Å²) in [6, 6.07) is 8.32. The molecule has 12 heavy (non-hydrogen) atoms. The largest absolute Gasteiger partial charge is 0.344 e. The highest BCUT2D eigenvalue weighted by Crippen LogP contribution is 2.09. The molecule has 0 atom stereocenters. The average molecular weight is 172 g/mol. The van der Waals surface area contributed by atoms with E-state index in [4.69, 9.17) is 5.21 Å². The van der Waals surface area contributed by atoms with Gasteiger partial charge in [0, 0.05) is 0 Å². The predicted molar refractivity (Wildman–Crippen MR) is 46.5 cm³/mol. The van der Waals surface area contributed by atoms with Gasteiger partial charge in [-0.1, -0.05) is 18.2 Å². The van der Waals surface area contributed by atoms with E-state index in [-0.39, 0.29) is 17.5 Å². The van der Waals surface area contributed by atoms with E-state index in [1.54, 1.807) is 30.3 Å². The SMILES string of the molecule is N.N.O=NN(O)c1ccccc1. The number of para-hydroxylation sites is 1. The van der Waals surface area contributed by atoms with Crippen LogP contribution in [0.4, 0.5) is 5.69 Å². The Morgan fingerprint density at radius 2 is 1.67 bits per heavy atom. The predicted octanol–water partition coefficient (Wildman–Crippen LogP) is 1.89. The molecular weight excluding hydrogens is 160 g/mol. The van der Waals surface area contributed by atoms with Gasteiger partial charge in [-0.15, -0.1) is 10.1 Å². The summed E-state index contributed by atoms with van der Waals surface area (Å²) in [5, 5.41) is 11.3. The van der Waals surface area contributed by atoms with Crippen LogP contribution in [0.1, 0.15) is 0 Å². The molecule has 0 saturated heterocycles. The molecule has 0 aromatic heterocycles. The van der Waals surface area contributed by atoms with Gasteiger partial charge < -0.3 is 12.3 Å². The van der Waals surface area contributed by atoms with E-state index in [1.807, 2.05) is 0 Å². The molecule has 1 rings (SSSR count). The third-order valence-electron chi connectivity index (χ3n) is 1.06. The molecule has 0 radical (unpaired) electrons. The fraction of sp³-hybridized carbons (Fsp3) is 0. The second-order valence-electron chi connectivity index (χ2n) is 1.71. The molecule has 0 aliphatic rings. The van der Waals surface area contributed by atoms with Crippen LogP contribution in [0.3, 0.4) is 0 Å². The minimum Gasteiger partial charge on any atom is -0.344 e. The molecule has 1 aromatic carbocycles. The summed E-state index contributed by atoms with van der Waals surface area (Å²) in [4.78, 5) is 9.73. The van der Waals surface area contributed by atoms with Crippen molar-refractivity contribution in [2.45, 2.75) is 0 Å². The third-order valence-corrected chi connectivity index (χ3v) is 1.06. The van der Waals surface area contributed by atoms with Gasteiger partial charge in [-0.2, -0.15) is 0 Å². The van der Waals surface area contributed by atoms with Crippen molar-refractivity contribution in [2.24, 2.45) is 5.29 Å². The van der Waals surface area contributed by atoms with Gasteiger partial charge in [0.15, 0.2) is 0 Å². The first-order valence-corrected chi connectivity index (χ1v) is 2.72. The van der Waals surface area contributed by atoms with E-state index >= 15 is 0 Å². The van der Waals surface area contributed by atoms with Crippen molar-refractivity contribution in [1.82, 2.24) is 12.3 Å². The lowest BCUT2D eigenvalue weighted by atomic mass is 10.3. The van der Waals surface area contributed by atoms with E-state index in [0.29, 0.717) is 5.69 Å². The van der Waals surface area contributed by atoms with E-state index in [1.165, 1.54) is 0 Å². The number of nitrogens with zero attached hydrogens (tertiary/aromatic N) is 2. The number of rotatable bonds is 2. The fourth-order valence-electron chi connectivity index (χ4n) is 0.608. The highest BCUT2D eigenvalue weighted by Gasteiger charge is 1.97. The van der Waals surface area contributed by atoms with Crippen LogP contribution < -0.4 is 17.5 Å². The Hall–Kier alpha value is -1.50. The molecule has 0 aliphatic heterocycles. The number of hydrogen-bond donors (Lipinski definition) is 3. The maximum atomic E-state index is 9.73. The van der Waals surface area contributed by atoms with Crippen molar-refractivity contribution in [3.05, 3.63) is 35.2 Å². The van der Waals surface area contributed by atoms with Crippen LogP contribution >= 0.6 is 0 Å². The van der Waals surface area contributed by atoms with E-state index < -0.39 is 0 Å². The van der Waals surface area contributed by atoms with Crippen molar-refractivity contribution < 1.29 is 5.21 Å². The average Bonchev–Trinajstić information content (AvgIpc) is 2.05. The van der Waals surface area contributed by atoms with E-state index in [2.05, 4.69) is 5.29 Å². The summed E-state index contributed by atoms with van der Waals surface area (Å²) in [7, 11) is 0. The Kier molecular flexibility index (Phi) is 6.80. The molecule has 6 heteroatoms. The van der Waals surface area contributed by atoms with Gasteiger partial charge in [-0.05, 0) is 12.1 Å². The zero-order valence-electron chi connectivity index (χ0n) is 6.55. The van der Waals surface area contributed by atoms with Gasteiger partial charge in [0.05, 0.1) is 11.0 Å². The first kappa shape index (κ1) is 13.1. The molecule has 0 amide bonds. The summed E-state index contributed by atoms with van der Waals surface area (Å²) >= 11 is 0. The highest BCUT2D eigenvalue weighted by atomic mass is 16.6. The third kappa shape index (κ3) is 3.06. The lowest BCUT2D eigenvalue weighted by Gasteiger charge is -2.03. The van der Waals surface area contributed by atoms with Crippen molar-refractivity contribution in [3.8, 4) is 0 Å². The van der Waals surface area contributed by atoms with Crippen molar-refractivity contribution in [1.29, 1.82) is 0 Å². The van der Waals surface area contributed by atoms with Gasteiger partial charge in [-0.3, -0.25) is 5.21 Å². The normalized spacial score (nSPS) is 7.42. The molecular formula is C6H12N4O2. The molecule has 7 N–H and O–H groups in total. The monoisotopic (exact) mass is 172 g/mol. The minimum absolute atomic E-state index is 0. The molecule has 0 unspecified atom stereocenters. The van der Waals surface area contributed by atoms with Crippen LogP contribution in [0.25, 0.3) is 0 Å². The summed E-state index contributed by atoms with van der Waals surface area (Å²) in [5.74, 6) is 0. The van der Waals surface area contributed by atoms with Gasteiger partial charge in [0.2, 0.25) is 0 Å². The minimum atomic E-state index is 0. The molecule has 0 spiro atoms. The van der Waals surface area contributed by atoms with Crippen LogP contribution in [-0.4, -0.2) is 5.21 Å². The maximum Gasteiger partial charge on any atom is 0.0932 e. The second kappa shape index (κ2) is 6.23. The Morgan fingerprint density at radius 3 is 2.08 bits per heavy atom. The van der Waals surface area contributed by atoms with Crippen LogP contribution in [0.15, 0.2) is 35.6 Å². The van der Waals surface area contributed by atoms with Crippen LogP contribution in [-0.2, 0) is 0 Å². The van der Waals surface area contributed by atoms with E-state index in [0.717, 1.165) is 0 Å². The zero-order valence-corrected chi connectivity index (χ0v) is 6.55. The summed E-state index contributed by atoms with van der Waals surface area (Å²) < 4.78 is 0. The van der Waals surface area contributed by atoms with Crippen molar-refractivity contribution in [2.75, 3.05) is 5.17 Å². The molecule has 0 fully saturated rings. The smallest absolute Gasteiger partial charge is 0.0932 e. The van der Waals surface area contributed by atoms with Gasteiger partial charge in [-0.25, -0.2) is 0 Å². The standard InChI is InChI=1S/C6H6N2O2.2H3N/c9-7-8(10)6-4-2-1-3-5-6;;/h1-5,10H;2*1H3. The van der Waals surface area contributed by atoms with E-state index in [9.17, 15) is 4.91 Å². The Morgan fingerprint density at radius 1 is 1.17 bits per heavy atom.